The van der Waals surface area contributed by atoms with E-state index in [1.54, 1.807) is 0 Å². The second-order valence-electron chi connectivity index (χ2n) is 4.41. The minimum absolute atomic E-state index is 0.453. The standard InChI is InChI=1S/C13H17Br2NO/c1-17-10-5-7-16(8-6-10)9-11-12(14)3-2-4-13(11)15/h2-4,10H,5-9H2,1H3. The molecule has 1 aliphatic heterocycles. The van der Waals surface area contributed by atoms with Gasteiger partial charge < -0.3 is 4.74 Å². The largest absolute Gasteiger partial charge is 0.381 e. The van der Waals surface area contributed by atoms with E-state index < -0.39 is 0 Å². The molecule has 0 N–H and O–H groups in total. The van der Waals surface area contributed by atoms with E-state index in [0.717, 1.165) is 32.5 Å². The van der Waals surface area contributed by atoms with Gasteiger partial charge in [-0.05, 0) is 30.5 Å². The summed E-state index contributed by atoms with van der Waals surface area (Å²) in [6.07, 6.45) is 2.73. The van der Waals surface area contributed by atoms with E-state index in [-0.39, 0.29) is 0 Å². The Labute approximate surface area is 120 Å². The molecule has 0 atom stereocenters. The molecule has 4 heteroatoms. The molecule has 0 radical (unpaired) electrons. The van der Waals surface area contributed by atoms with Crippen molar-refractivity contribution < 1.29 is 4.74 Å². The van der Waals surface area contributed by atoms with Gasteiger partial charge in [0, 0.05) is 35.7 Å². The van der Waals surface area contributed by atoms with Gasteiger partial charge in [-0.15, -0.1) is 0 Å². The van der Waals surface area contributed by atoms with Crippen molar-refractivity contribution in [1.29, 1.82) is 0 Å². The van der Waals surface area contributed by atoms with E-state index in [0.29, 0.717) is 6.10 Å². The van der Waals surface area contributed by atoms with Crippen LogP contribution in [0.2, 0.25) is 0 Å². The topological polar surface area (TPSA) is 12.5 Å². The Morgan fingerprint density at radius 2 is 1.82 bits per heavy atom. The first-order valence-electron chi connectivity index (χ1n) is 5.88. The smallest absolute Gasteiger partial charge is 0.0595 e. The Kier molecular flexibility index (Phi) is 5.03. The van der Waals surface area contributed by atoms with Crippen molar-refractivity contribution in [2.45, 2.75) is 25.5 Å². The molecule has 1 heterocycles. The van der Waals surface area contributed by atoms with E-state index in [9.17, 15) is 0 Å². The summed E-state index contributed by atoms with van der Waals surface area (Å²) >= 11 is 7.24. The number of piperidine rings is 1. The second-order valence-corrected chi connectivity index (χ2v) is 6.12. The maximum atomic E-state index is 5.39. The molecule has 0 bridgehead atoms. The highest BCUT2D eigenvalue weighted by atomic mass is 79.9. The van der Waals surface area contributed by atoms with E-state index in [1.165, 1.54) is 14.5 Å². The third kappa shape index (κ3) is 3.53. The van der Waals surface area contributed by atoms with Crippen LogP contribution in [0.15, 0.2) is 27.1 Å². The minimum Gasteiger partial charge on any atom is -0.381 e. The van der Waals surface area contributed by atoms with Crippen LogP contribution in [0.5, 0.6) is 0 Å². The fourth-order valence-corrected chi connectivity index (χ4v) is 3.46. The number of rotatable bonds is 3. The quantitative estimate of drug-likeness (QED) is 0.810. The number of hydrogen-bond donors (Lipinski definition) is 0. The van der Waals surface area contributed by atoms with E-state index >= 15 is 0 Å². The minimum atomic E-state index is 0.453. The van der Waals surface area contributed by atoms with Crippen LogP contribution in [-0.2, 0) is 11.3 Å². The summed E-state index contributed by atoms with van der Waals surface area (Å²) in [4.78, 5) is 2.49. The van der Waals surface area contributed by atoms with Crippen LogP contribution in [0.25, 0.3) is 0 Å². The van der Waals surface area contributed by atoms with Gasteiger partial charge in [-0.3, -0.25) is 4.90 Å². The Morgan fingerprint density at radius 3 is 2.35 bits per heavy atom. The molecule has 17 heavy (non-hydrogen) atoms. The van der Waals surface area contributed by atoms with Gasteiger partial charge in [0.15, 0.2) is 0 Å². The third-order valence-corrected chi connectivity index (χ3v) is 4.80. The van der Waals surface area contributed by atoms with E-state index in [4.69, 9.17) is 4.74 Å². The summed E-state index contributed by atoms with van der Waals surface area (Å²) < 4.78 is 7.75. The third-order valence-electron chi connectivity index (χ3n) is 3.31. The lowest BCUT2D eigenvalue weighted by Gasteiger charge is -2.31. The van der Waals surface area contributed by atoms with Crippen LogP contribution in [-0.4, -0.2) is 31.2 Å². The lowest BCUT2D eigenvalue weighted by Crippen LogP contribution is -2.36. The van der Waals surface area contributed by atoms with Crippen LogP contribution < -0.4 is 0 Å². The summed E-state index contributed by atoms with van der Waals surface area (Å²) in [6.45, 7) is 3.23. The number of nitrogens with zero attached hydrogens (tertiary/aromatic N) is 1. The molecule has 0 unspecified atom stereocenters. The van der Waals surface area contributed by atoms with Crippen molar-refractivity contribution in [1.82, 2.24) is 4.90 Å². The monoisotopic (exact) mass is 361 g/mol. The first-order valence-corrected chi connectivity index (χ1v) is 7.47. The number of likely N-dealkylation sites (tertiary alicyclic amines) is 1. The van der Waals surface area contributed by atoms with Gasteiger partial charge in [-0.25, -0.2) is 0 Å². The molecule has 0 saturated carbocycles. The molecule has 1 aromatic carbocycles. The Bertz CT molecular complexity index is 355. The van der Waals surface area contributed by atoms with Crippen LogP contribution in [0.3, 0.4) is 0 Å². The average molecular weight is 363 g/mol. The van der Waals surface area contributed by atoms with Crippen molar-refractivity contribution in [3.63, 3.8) is 0 Å². The molecule has 0 aliphatic carbocycles. The van der Waals surface area contributed by atoms with Crippen LogP contribution in [0, 0.1) is 0 Å². The molecule has 2 nitrogen and oxygen atoms in total. The highest BCUT2D eigenvalue weighted by Crippen LogP contribution is 2.27. The van der Waals surface area contributed by atoms with Gasteiger partial charge in [0.25, 0.3) is 0 Å². The van der Waals surface area contributed by atoms with Crippen molar-refractivity contribution in [3.8, 4) is 0 Å². The predicted molar refractivity (Wildman–Crippen MR) is 77.2 cm³/mol. The van der Waals surface area contributed by atoms with Crippen molar-refractivity contribution in [3.05, 3.63) is 32.7 Å². The lowest BCUT2D eigenvalue weighted by atomic mass is 10.1. The molecule has 0 aromatic heterocycles. The normalized spacial score (nSPS) is 18.5. The molecular formula is C13H17Br2NO. The van der Waals surface area contributed by atoms with E-state index in [1.807, 2.05) is 7.11 Å². The first-order chi connectivity index (χ1) is 8.20. The van der Waals surface area contributed by atoms with Crippen LogP contribution in [0.4, 0.5) is 0 Å². The lowest BCUT2D eigenvalue weighted by molar-refractivity contribution is 0.0387. The summed E-state index contributed by atoms with van der Waals surface area (Å²) in [6, 6.07) is 6.25. The van der Waals surface area contributed by atoms with Gasteiger partial charge in [-0.2, -0.15) is 0 Å². The van der Waals surface area contributed by atoms with Crippen LogP contribution >= 0.6 is 31.9 Å². The molecular weight excluding hydrogens is 346 g/mol. The number of halogens is 2. The molecule has 1 aliphatic rings. The molecule has 1 aromatic rings. The van der Waals surface area contributed by atoms with Gasteiger partial charge >= 0.3 is 0 Å². The zero-order valence-electron chi connectivity index (χ0n) is 9.96. The summed E-state index contributed by atoms with van der Waals surface area (Å²) in [5.41, 5.74) is 1.34. The molecule has 0 spiro atoms. The highest BCUT2D eigenvalue weighted by Gasteiger charge is 2.19. The predicted octanol–water partition coefficient (Wildman–Crippen LogP) is 3.82. The molecule has 94 valence electrons. The van der Waals surface area contributed by atoms with Crippen molar-refractivity contribution in [2.24, 2.45) is 0 Å². The maximum Gasteiger partial charge on any atom is 0.0595 e. The Morgan fingerprint density at radius 1 is 1.24 bits per heavy atom. The SMILES string of the molecule is COC1CCN(Cc2c(Br)cccc2Br)CC1. The molecule has 1 saturated heterocycles. The number of ether oxygens (including phenoxy) is 1. The van der Waals surface area contributed by atoms with Gasteiger partial charge in [-0.1, -0.05) is 37.9 Å². The number of methoxy groups -OCH3 is 1. The number of benzene rings is 1. The van der Waals surface area contributed by atoms with Gasteiger partial charge in [0.05, 0.1) is 6.10 Å². The van der Waals surface area contributed by atoms with E-state index in [2.05, 4.69) is 55.0 Å². The summed E-state index contributed by atoms with van der Waals surface area (Å²) in [5.74, 6) is 0. The zero-order valence-corrected chi connectivity index (χ0v) is 13.1. The van der Waals surface area contributed by atoms with Gasteiger partial charge in [0.2, 0.25) is 0 Å². The summed E-state index contributed by atoms with van der Waals surface area (Å²) in [5, 5.41) is 0. The maximum absolute atomic E-state index is 5.39. The van der Waals surface area contributed by atoms with Crippen LogP contribution in [0.1, 0.15) is 18.4 Å². The van der Waals surface area contributed by atoms with Crippen molar-refractivity contribution in [2.75, 3.05) is 20.2 Å². The second kappa shape index (κ2) is 6.32. The fourth-order valence-electron chi connectivity index (χ4n) is 2.21. The van der Waals surface area contributed by atoms with Crippen molar-refractivity contribution >= 4 is 31.9 Å². The fraction of sp³-hybridized carbons (Fsp3) is 0.538. The zero-order chi connectivity index (χ0) is 12.3. The number of hydrogen-bond acceptors (Lipinski definition) is 2. The Balaban J connectivity index is 1.98. The average Bonchev–Trinajstić information content (AvgIpc) is 2.35. The molecule has 1 fully saturated rings. The molecule has 0 amide bonds. The highest BCUT2D eigenvalue weighted by molar-refractivity contribution is 9.11. The Hall–Kier alpha value is 0.1000. The van der Waals surface area contributed by atoms with Gasteiger partial charge in [0.1, 0.15) is 0 Å². The summed E-state index contributed by atoms with van der Waals surface area (Å²) in [7, 11) is 1.81. The first kappa shape index (κ1) is 13.5. The molecule has 2 rings (SSSR count).